The summed E-state index contributed by atoms with van der Waals surface area (Å²) >= 11 is 0. The second-order valence-corrected chi connectivity index (χ2v) is 9.98. The average Bonchev–Trinajstić information content (AvgIpc) is 2.85. The van der Waals surface area contributed by atoms with Crippen LogP contribution in [0, 0.1) is 13.8 Å². The molecule has 0 radical (unpaired) electrons. The van der Waals surface area contributed by atoms with Crippen LogP contribution in [0.15, 0.2) is 71.6 Å². The van der Waals surface area contributed by atoms with Gasteiger partial charge in [0.05, 0.1) is 17.1 Å². The van der Waals surface area contributed by atoms with E-state index in [1.165, 1.54) is 18.2 Å². The SMILES string of the molecule is CCCCOC(=O)c1ccc(NC(=O)COc2ccc(S(=O)(=O)Nc3ccc(C)cc3)cc2C)cc1. The first-order valence-corrected chi connectivity index (χ1v) is 13.1. The van der Waals surface area contributed by atoms with Crippen LogP contribution in [0.3, 0.4) is 0 Å². The second-order valence-electron chi connectivity index (χ2n) is 8.30. The Hall–Kier alpha value is -3.85. The molecule has 9 heteroatoms. The molecule has 0 saturated heterocycles. The zero-order valence-corrected chi connectivity index (χ0v) is 21.4. The Balaban J connectivity index is 1.54. The Morgan fingerprint density at radius 2 is 1.56 bits per heavy atom. The van der Waals surface area contributed by atoms with E-state index in [1.807, 2.05) is 26.0 Å². The Morgan fingerprint density at radius 3 is 2.19 bits per heavy atom. The molecule has 0 unspecified atom stereocenters. The number of esters is 1. The van der Waals surface area contributed by atoms with E-state index < -0.39 is 21.9 Å². The van der Waals surface area contributed by atoms with E-state index in [0.29, 0.717) is 34.9 Å². The molecule has 3 aromatic rings. The first kappa shape index (κ1) is 26.7. The largest absolute Gasteiger partial charge is 0.483 e. The summed E-state index contributed by atoms with van der Waals surface area (Å²) in [7, 11) is -3.77. The van der Waals surface area contributed by atoms with Crippen LogP contribution in [-0.2, 0) is 19.6 Å². The molecule has 8 nitrogen and oxygen atoms in total. The maximum atomic E-state index is 12.7. The van der Waals surface area contributed by atoms with Crippen LogP contribution in [0.2, 0.25) is 0 Å². The van der Waals surface area contributed by atoms with Crippen molar-refractivity contribution in [2.75, 3.05) is 23.3 Å². The van der Waals surface area contributed by atoms with Crippen LogP contribution in [0.5, 0.6) is 5.75 Å². The maximum absolute atomic E-state index is 12.7. The molecular formula is C27H30N2O6S. The average molecular weight is 511 g/mol. The van der Waals surface area contributed by atoms with Crippen molar-refractivity contribution in [2.24, 2.45) is 0 Å². The number of hydrogen-bond donors (Lipinski definition) is 2. The van der Waals surface area contributed by atoms with Gasteiger partial charge in [0, 0.05) is 11.4 Å². The van der Waals surface area contributed by atoms with Gasteiger partial charge in [0.15, 0.2) is 6.61 Å². The molecule has 36 heavy (non-hydrogen) atoms. The summed E-state index contributed by atoms with van der Waals surface area (Å²) in [6.07, 6.45) is 1.75. The Kier molecular flexibility index (Phi) is 9.08. The molecule has 3 aromatic carbocycles. The van der Waals surface area contributed by atoms with E-state index in [-0.39, 0.29) is 11.5 Å². The lowest BCUT2D eigenvalue weighted by atomic mass is 10.2. The van der Waals surface area contributed by atoms with Crippen LogP contribution in [-0.4, -0.2) is 33.5 Å². The Labute approximate surface area is 211 Å². The van der Waals surface area contributed by atoms with Gasteiger partial charge in [0.2, 0.25) is 0 Å². The van der Waals surface area contributed by atoms with Crippen molar-refractivity contribution < 1.29 is 27.5 Å². The minimum absolute atomic E-state index is 0.0886. The molecule has 190 valence electrons. The van der Waals surface area contributed by atoms with Crippen LogP contribution in [0.25, 0.3) is 0 Å². The van der Waals surface area contributed by atoms with Crippen molar-refractivity contribution in [3.05, 3.63) is 83.4 Å². The number of anilines is 2. The van der Waals surface area contributed by atoms with Crippen molar-refractivity contribution in [2.45, 2.75) is 38.5 Å². The van der Waals surface area contributed by atoms with Gasteiger partial charge in [-0.1, -0.05) is 31.0 Å². The lowest BCUT2D eigenvalue weighted by Gasteiger charge is -2.13. The van der Waals surface area contributed by atoms with Gasteiger partial charge in [-0.3, -0.25) is 9.52 Å². The van der Waals surface area contributed by atoms with Crippen LogP contribution in [0.1, 0.15) is 41.3 Å². The standard InChI is InChI=1S/C27H30N2O6S/c1-4-5-16-34-27(31)21-8-12-22(13-9-21)28-26(30)18-35-25-15-14-24(17-20(25)3)36(32,33)29-23-10-6-19(2)7-11-23/h6-15,17,29H,4-5,16,18H2,1-3H3,(H,28,30). The number of hydrogen-bond acceptors (Lipinski definition) is 6. The third kappa shape index (κ3) is 7.58. The van der Waals surface area contributed by atoms with Crippen molar-refractivity contribution in [1.82, 2.24) is 0 Å². The summed E-state index contributed by atoms with van der Waals surface area (Å²) in [4.78, 5) is 24.4. The number of unbranched alkanes of at least 4 members (excludes halogenated alkanes) is 1. The molecule has 3 rings (SSSR count). The summed E-state index contributed by atoms with van der Waals surface area (Å²) in [5.74, 6) is -0.408. The summed E-state index contributed by atoms with van der Waals surface area (Å²) in [5, 5.41) is 2.70. The highest BCUT2D eigenvalue weighted by atomic mass is 32.2. The minimum Gasteiger partial charge on any atom is -0.483 e. The zero-order valence-electron chi connectivity index (χ0n) is 20.5. The van der Waals surface area contributed by atoms with E-state index in [0.717, 1.165) is 18.4 Å². The van der Waals surface area contributed by atoms with Crippen molar-refractivity contribution in [3.63, 3.8) is 0 Å². The van der Waals surface area contributed by atoms with Crippen LogP contribution in [0.4, 0.5) is 11.4 Å². The third-order valence-corrected chi connectivity index (χ3v) is 6.63. The van der Waals surface area contributed by atoms with E-state index in [1.54, 1.807) is 43.3 Å². The summed E-state index contributed by atoms with van der Waals surface area (Å²) in [6, 6.07) is 17.9. The molecule has 0 atom stereocenters. The van der Waals surface area contributed by atoms with Crippen LogP contribution >= 0.6 is 0 Å². The highest BCUT2D eigenvalue weighted by Crippen LogP contribution is 2.24. The second kappa shape index (κ2) is 12.2. The van der Waals surface area contributed by atoms with Crippen molar-refractivity contribution >= 4 is 33.3 Å². The van der Waals surface area contributed by atoms with E-state index in [9.17, 15) is 18.0 Å². The smallest absolute Gasteiger partial charge is 0.338 e. The van der Waals surface area contributed by atoms with Gasteiger partial charge in [-0.05, 0) is 80.4 Å². The van der Waals surface area contributed by atoms with Crippen LogP contribution < -0.4 is 14.8 Å². The number of aryl methyl sites for hydroxylation is 2. The topological polar surface area (TPSA) is 111 Å². The predicted molar refractivity (Wildman–Crippen MR) is 139 cm³/mol. The molecule has 2 N–H and O–H groups in total. The van der Waals surface area contributed by atoms with Gasteiger partial charge in [0.25, 0.3) is 15.9 Å². The highest BCUT2D eigenvalue weighted by Gasteiger charge is 2.16. The summed E-state index contributed by atoms with van der Waals surface area (Å²) in [5.41, 5.74) is 2.98. The highest BCUT2D eigenvalue weighted by molar-refractivity contribution is 7.92. The number of rotatable bonds is 11. The first-order chi connectivity index (χ1) is 17.2. The Bertz CT molecular complexity index is 1300. The monoisotopic (exact) mass is 510 g/mol. The lowest BCUT2D eigenvalue weighted by molar-refractivity contribution is -0.118. The lowest BCUT2D eigenvalue weighted by Crippen LogP contribution is -2.20. The third-order valence-electron chi connectivity index (χ3n) is 5.25. The fraction of sp³-hybridized carbons (Fsp3) is 0.259. The number of nitrogens with one attached hydrogen (secondary N) is 2. The molecule has 0 spiro atoms. The quantitative estimate of drug-likeness (QED) is 0.275. The molecule has 0 aliphatic carbocycles. The fourth-order valence-corrected chi connectivity index (χ4v) is 4.35. The van der Waals surface area contributed by atoms with E-state index in [4.69, 9.17) is 9.47 Å². The van der Waals surface area contributed by atoms with Crippen molar-refractivity contribution in [1.29, 1.82) is 0 Å². The molecule has 0 heterocycles. The molecule has 0 aromatic heterocycles. The predicted octanol–water partition coefficient (Wildman–Crippen LogP) is 5.08. The fourth-order valence-electron chi connectivity index (χ4n) is 3.21. The zero-order chi connectivity index (χ0) is 26.1. The number of sulfonamides is 1. The first-order valence-electron chi connectivity index (χ1n) is 11.6. The number of amides is 1. The molecule has 1 amide bonds. The molecule has 0 aliphatic heterocycles. The van der Waals surface area contributed by atoms with E-state index in [2.05, 4.69) is 10.0 Å². The summed E-state index contributed by atoms with van der Waals surface area (Å²) < 4.78 is 38.7. The number of ether oxygens (including phenoxy) is 2. The Morgan fingerprint density at radius 1 is 0.889 bits per heavy atom. The molecule has 0 saturated carbocycles. The van der Waals surface area contributed by atoms with Gasteiger partial charge in [0.1, 0.15) is 5.75 Å². The van der Waals surface area contributed by atoms with Gasteiger partial charge in [-0.25, -0.2) is 13.2 Å². The molecular weight excluding hydrogens is 480 g/mol. The number of benzene rings is 3. The van der Waals surface area contributed by atoms with E-state index >= 15 is 0 Å². The molecule has 0 fully saturated rings. The molecule has 0 aliphatic rings. The minimum atomic E-state index is -3.77. The maximum Gasteiger partial charge on any atom is 0.338 e. The van der Waals surface area contributed by atoms with Gasteiger partial charge in [-0.15, -0.1) is 0 Å². The van der Waals surface area contributed by atoms with Gasteiger partial charge >= 0.3 is 5.97 Å². The van der Waals surface area contributed by atoms with Crippen molar-refractivity contribution in [3.8, 4) is 5.75 Å². The number of carbonyl (C=O) groups is 2. The summed E-state index contributed by atoms with van der Waals surface area (Å²) in [6.45, 7) is 5.75. The number of carbonyl (C=O) groups excluding carboxylic acids is 2. The van der Waals surface area contributed by atoms with Gasteiger partial charge < -0.3 is 14.8 Å². The molecule has 0 bridgehead atoms. The van der Waals surface area contributed by atoms with Gasteiger partial charge in [-0.2, -0.15) is 0 Å². The normalized spacial score (nSPS) is 11.0.